The van der Waals surface area contributed by atoms with E-state index in [9.17, 15) is 8.42 Å². The summed E-state index contributed by atoms with van der Waals surface area (Å²) >= 11 is 0. The van der Waals surface area contributed by atoms with E-state index in [4.69, 9.17) is 5.14 Å². The first-order valence-corrected chi connectivity index (χ1v) is 9.34. The lowest BCUT2D eigenvalue weighted by atomic mass is 10.2. The monoisotopic (exact) mass is 359 g/mol. The number of imidazole rings is 1. The maximum absolute atomic E-state index is 11.3. The first kappa shape index (κ1) is 15.8. The fraction of sp³-hybridized carbons (Fsp3) is 0.267. The number of primary sulfonamides is 1. The molecule has 10 heteroatoms. The summed E-state index contributed by atoms with van der Waals surface area (Å²) in [6.07, 6.45) is 3.14. The van der Waals surface area contributed by atoms with E-state index in [0.29, 0.717) is 5.65 Å². The van der Waals surface area contributed by atoms with Gasteiger partial charge in [0, 0.05) is 31.9 Å². The van der Waals surface area contributed by atoms with Crippen LogP contribution in [-0.4, -0.2) is 54.5 Å². The summed E-state index contributed by atoms with van der Waals surface area (Å²) in [6.45, 7) is 3.19. The van der Waals surface area contributed by atoms with Crippen LogP contribution in [0.5, 0.6) is 0 Å². The number of fused-ring (bicyclic) bond motifs is 1. The largest absolute Gasteiger partial charge is 0.368 e. The minimum absolute atomic E-state index is 0.123. The van der Waals surface area contributed by atoms with E-state index in [1.165, 1.54) is 18.5 Å². The molecule has 4 rings (SSSR count). The number of nitrogens with zero attached hydrogens (tertiary/aromatic N) is 5. The molecule has 0 aliphatic carbocycles. The molecule has 3 heterocycles. The summed E-state index contributed by atoms with van der Waals surface area (Å²) in [6, 6.07) is 6.64. The minimum Gasteiger partial charge on any atom is -0.368 e. The molecule has 2 aromatic heterocycles. The molecule has 1 aliphatic rings. The molecule has 0 amide bonds. The van der Waals surface area contributed by atoms with E-state index < -0.39 is 10.0 Å². The molecule has 3 N–H and O–H groups in total. The zero-order chi connectivity index (χ0) is 17.4. The van der Waals surface area contributed by atoms with Crippen molar-refractivity contribution in [1.82, 2.24) is 19.9 Å². The Morgan fingerprint density at radius 1 is 0.960 bits per heavy atom. The lowest BCUT2D eigenvalue weighted by Crippen LogP contribution is -2.47. The number of rotatable bonds is 3. The fourth-order valence-electron chi connectivity index (χ4n) is 3.02. The SMILES string of the molecule is NS(=O)(=O)c1ccc(N2CCN(c3ncnc4nc[nH]c34)CC2)cc1. The molecule has 130 valence electrons. The first-order valence-electron chi connectivity index (χ1n) is 7.79. The van der Waals surface area contributed by atoms with Gasteiger partial charge in [0.25, 0.3) is 0 Å². The third kappa shape index (κ3) is 3.01. The molecule has 1 aliphatic heterocycles. The normalized spacial score (nSPS) is 15.7. The molecular weight excluding hydrogens is 342 g/mol. The number of hydrogen-bond donors (Lipinski definition) is 2. The average molecular weight is 359 g/mol. The fourth-order valence-corrected chi connectivity index (χ4v) is 3.53. The smallest absolute Gasteiger partial charge is 0.238 e. The van der Waals surface area contributed by atoms with Crippen molar-refractivity contribution in [2.45, 2.75) is 4.90 Å². The Balaban J connectivity index is 1.49. The number of aromatic amines is 1. The third-order valence-electron chi connectivity index (χ3n) is 4.31. The summed E-state index contributed by atoms with van der Waals surface area (Å²) in [5.41, 5.74) is 2.47. The highest BCUT2D eigenvalue weighted by atomic mass is 32.2. The summed E-state index contributed by atoms with van der Waals surface area (Å²) in [5, 5.41) is 5.14. The molecule has 1 aromatic carbocycles. The molecule has 0 unspecified atom stereocenters. The van der Waals surface area contributed by atoms with Gasteiger partial charge in [-0.1, -0.05) is 0 Å². The van der Waals surface area contributed by atoms with Crippen LogP contribution in [-0.2, 0) is 10.0 Å². The van der Waals surface area contributed by atoms with Gasteiger partial charge in [-0.05, 0) is 24.3 Å². The Morgan fingerprint density at radius 3 is 2.32 bits per heavy atom. The Labute approximate surface area is 144 Å². The Bertz CT molecular complexity index is 992. The lowest BCUT2D eigenvalue weighted by molar-refractivity contribution is 0.597. The molecule has 0 bridgehead atoms. The highest BCUT2D eigenvalue weighted by Crippen LogP contribution is 2.23. The maximum Gasteiger partial charge on any atom is 0.238 e. The number of benzene rings is 1. The number of aromatic nitrogens is 4. The van der Waals surface area contributed by atoms with Crippen LogP contribution < -0.4 is 14.9 Å². The van der Waals surface area contributed by atoms with Crippen molar-refractivity contribution in [1.29, 1.82) is 0 Å². The summed E-state index contributed by atoms with van der Waals surface area (Å²) in [5.74, 6) is 0.853. The minimum atomic E-state index is -3.66. The number of anilines is 2. The van der Waals surface area contributed by atoms with E-state index in [1.54, 1.807) is 18.5 Å². The van der Waals surface area contributed by atoms with Crippen molar-refractivity contribution in [2.75, 3.05) is 36.0 Å². The Morgan fingerprint density at radius 2 is 1.64 bits per heavy atom. The zero-order valence-corrected chi connectivity index (χ0v) is 14.1. The molecule has 1 fully saturated rings. The van der Waals surface area contributed by atoms with Crippen LogP contribution in [0.3, 0.4) is 0 Å². The molecule has 9 nitrogen and oxygen atoms in total. The maximum atomic E-state index is 11.3. The number of sulfonamides is 1. The topological polar surface area (TPSA) is 121 Å². The van der Waals surface area contributed by atoms with E-state index >= 15 is 0 Å². The molecule has 0 saturated carbocycles. The molecular formula is C15H17N7O2S. The summed E-state index contributed by atoms with van der Waals surface area (Å²) in [7, 11) is -3.66. The zero-order valence-electron chi connectivity index (χ0n) is 13.3. The van der Waals surface area contributed by atoms with Crippen LogP contribution in [0.2, 0.25) is 0 Å². The van der Waals surface area contributed by atoms with E-state index in [0.717, 1.165) is 43.2 Å². The van der Waals surface area contributed by atoms with Gasteiger partial charge < -0.3 is 14.8 Å². The van der Waals surface area contributed by atoms with Crippen LogP contribution in [0, 0.1) is 0 Å². The van der Waals surface area contributed by atoms with E-state index in [2.05, 4.69) is 29.7 Å². The van der Waals surface area contributed by atoms with E-state index in [-0.39, 0.29) is 4.90 Å². The van der Waals surface area contributed by atoms with Crippen molar-refractivity contribution >= 4 is 32.7 Å². The van der Waals surface area contributed by atoms with Gasteiger partial charge in [0.05, 0.1) is 11.2 Å². The van der Waals surface area contributed by atoms with Crippen LogP contribution >= 0.6 is 0 Å². The molecule has 0 radical (unpaired) electrons. The van der Waals surface area contributed by atoms with Gasteiger partial charge in [0.1, 0.15) is 11.8 Å². The second-order valence-electron chi connectivity index (χ2n) is 5.81. The van der Waals surface area contributed by atoms with Crippen molar-refractivity contribution in [3.05, 3.63) is 36.9 Å². The number of hydrogen-bond acceptors (Lipinski definition) is 7. The Hall–Kier alpha value is -2.72. The Kier molecular flexibility index (Phi) is 3.77. The number of piperazine rings is 1. The van der Waals surface area contributed by atoms with Crippen LogP contribution in [0.4, 0.5) is 11.5 Å². The van der Waals surface area contributed by atoms with Crippen LogP contribution in [0.15, 0.2) is 41.8 Å². The van der Waals surface area contributed by atoms with Gasteiger partial charge in [0.15, 0.2) is 11.5 Å². The standard InChI is InChI=1S/C15H17N7O2S/c16-25(23,24)12-3-1-11(2-4-12)21-5-7-22(8-6-21)15-13-14(18-9-17-13)19-10-20-15/h1-4,9-10H,5-8H2,(H2,16,23,24)(H,17,18,19,20). The number of nitrogens with one attached hydrogen (secondary N) is 1. The van der Waals surface area contributed by atoms with E-state index in [1.807, 2.05) is 0 Å². The molecule has 0 atom stereocenters. The second kappa shape index (κ2) is 5.97. The van der Waals surface area contributed by atoms with Crippen LogP contribution in [0.1, 0.15) is 0 Å². The van der Waals surface area contributed by atoms with Gasteiger partial charge in [-0.25, -0.2) is 28.5 Å². The van der Waals surface area contributed by atoms with Crippen molar-refractivity contribution in [2.24, 2.45) is 5.14 Å². The van der Waals surface area contributed by atoms with Crippen molar-refractivity contribution in [3.8, 4) is 0 Å². The molecule has 0 spiro atoms. The quantitative estimate of drug-likeness (QED) is 0.691. The highest BCUT2D eigenvalue weighted by Gasteiger charge is 2.21. The average Bonchev–Trinajstić information content (AvgIpc) is 3.10. The lowest BCUT2D eigenvalue weighted by Gasteiger charge is -2.36. The van der Waals surface area contributed by atoms with Gasteiger partial charge in [-0.15, -0.1) is 0 Å². The van der Waals surface area contributed by atoms with Gasteiger partial charge in [-0.2, -0.15) is 0 Å². The summed E-state index contributed by atoms with van der Waals surface area (Å²) < 4.78 is 22.7. The van der Waals surface area contributed by atoms with Gasteiger partial charge in [-0.3, -0.25) is 0 Å². The highest BCUT2D eigenvalue weighted by molar-refractivity contribution is 7.89. The van der Waals surface area contributed by atoms with Gasteiger partial charge in [0.2, 0.25) is 10.0 Å². The third-order valence-corrected chi connectivity index (χ3v) is 5.24. The molecule has 1 saturated heterocycles. The predicted octanol–water partition coefficient (Wildman–Crippen LogP) is 0.327. The molecule has 3 aromatic rings. The van der Waals surface area contributed by atoms with Gasteiger partial charge >= 0.3 is 0 Å². The number of nitrogens with two attached hydrogens (primary N) is 1. The molecule has 25 heavy (non-hydrogen) atoms. The van der Waals surface area contributed by atoms with Crippen LogP contribution in [0.25, 0.3) is 11.2 Å². The van der Waals surface area contributed by atoms with Crippen molar-refractivity contribution < 1.29 is 8.42 Å². The summed E-state index contributed by atoms with van der Waals surface area (Å²) in [4.78, 5) is 20.3. The number of H-pyrrole nitrogens is 1. The van der Waals surface area contributed by atoms with Crippen molar-refractivity contribution in [3.63, 3.8) is 0 Å². The second-order valence-corrected chi connectivity index (χ2v) is 7.37. The first-order chi connectivity index (χ1) is 12.0. The predicted molar refractivity (Wildman–Crippen MR) is 93.9 cm³/mol.